The van der Waals surface area contributed by atoms with Gasteiger partial charge >= 0.3 is 6.09 Å². The summed E-state index contributed by atoms with van der Waals surface area (Å²) in [5, 5.41) is 0. The van der Waals surface area contributed by atoms with E-state index >= 15 is 0 Å². The van der Waals surface area contributed by atoms with Gasteiger partial charge < -0.3 is 14.4 Å². The third-order valence-electron chi connectivity index (χ3n) is 3.12. The Morgan fingerprint density at radius 1 is 1.29 bits per heavy atom. The average Bonchev–Trinajstić information content (AvgIpc) is 2.15. The third kappa shape index (κ3) is 4.54. The topological polar surface area (TPSA) is 38.8 Å². The Balaban J connectivity index is 2.44. The van der Waals surface area contributed by atoms with Crippen molar-refractivity contribution >= 4 is 6.09 Å². The maximum Gasteiger partial charge on any atom is 0.410 e. The molecule has 17 heavy (non-hydrogen) atoms. The first kappa shape index (κ1) is 14.3. The molecule has 4 nitrogen and oxygen atoms in total. The summed E-state index contributed by atoms with van der Waals surface area (Å²) in [7, 11) is 1.73. The number of hydrogen-bond donors (Lipinski definition) is 0. The summed E-state index contributed by atoms with van der Waals surface area (Å²) in [6, 6.07) is 0. The number of hydrogen-bond acceptors (Lipinski definition) is 3. The molecule has 1 fully saturated rings. The van der Waals surface area contributed by atoms with E-state index in [2.05, 4.69) is 6.92 Å². The minimum Gasteiger partial charge on any atom is -0.444 e. The molecule has 0 aromatic heterocycles. The Hall–Kier alpha value is -0.770. The summed E-state index contributed by atoms with van der Waals surface area (Å²) in [4.78, 5) is 13.6. The van der Waals surface area contributed by atoms with Crippen molar-refractivity contribution in [2.75, 3.05) is 26.8 Å². The monoisotopic (exact) mass is 243 g/mol. The van der Waals surface area contributed by atoms with Crippen molar-refractivity contribution in [3.63, 3.8) is 0 Å². The Labute approximate surface area is 104 Å². The summed E-state index contributed by atoms with van der Waals surface area (Å²) in [5.74, 6) is 0. The van der Waals surface area contributed by atoms with Gasteiger partial charge in [0, 0.05) is 20.2 Å². The van der Waals surface area contributed by atoms with Crippen LogP contribution < -0.4 is 0 Å². The van der Waals surface area contributed by atoms with Gasteiger partial charge in [-0.05, 0) is 39.0 Å². The molecule has 0 aliphatic carbocycles. The van der Waals surface area contributed by atoms with Crippen molar-refractivity contribution < 1.29 is 14.3 Å². The van der Waals surface area contributed by atoms with Gasteiger partial charge in [0.15, 0.2) is 0 Å². The maximum absolute atomic E-state index is 11.9. The van der Waals surface area contributed by atoms with Crippen LogP contribution in [0.25, 0.3) is 0 Å². The highest BCUT2D eigenvalue weighted by Crippen LogP contribution is 2.31. The zero-order valence-electron chi connectivity index (χ0n) is 11.7. The summed E-state index contributed by atoms with van der Waals surface area (Å²) in [5.41, 5.74) is -0.211. The fourth-order valence-corrected chi connectivity index (χ4v) is 2.05. The van der Waals surface area contributed by atoms with Crippen LogP contribution in [0.4, 0.5) is 4.79 Å². The number of ether oxygens (including phenoxy) is 2. The van der Waals surface area contributed by atoms with E-state index in [4.69, 9.17) is 9.47 Å². The molecule has 0 radical (unpaired) electrons. The van der Waals surface area contributed by atoms with Crippen LogP contribution in [0.15, 0.2) is 0 Å². The van der Waals surface area contributed by atoms with Crippen molar-refractivity contribution in [3.05, 3.63) is 0 Å². The standard InChI is InChI=1S/C13H25NO3/c1-12(2,3)17-11(15)14-8-6-13(4,7-9-14)10-16-5/h6-10H2,1-5H3. The summed E-state index contributed by atoms with van der Waals surface area (Å²) in [6.45, 7) is 10.2. The first-order valence-electron chi connectivity index (χ1n) is 6.23. The van der Waals surface area contributed by atoms with Crippen LogP contribution in [0.3, 0.4) is 0 Å². The summed E-state index contributed by atoms with van der Waals surface area (Å²) >= 11 is 0. The minimum atomic E-state index is -0.412. The number of amides is 1. The van der Waals surface area contributed by atoms with Crippen LogP contribution in [-0.4, -0.2) is 43.4 Å². The Morgan fingerprint density at radius 3 is 2.24 bits per heavy atom. The quantitative estimate of drug-likeness (QED) is 0.748. The van der Waals surface area contributed by atoms with E-state index in [0.717, 1.165) is 32.5 Å². The molecular formula is C13H25NO3. The van der Waals surface area contributed by atoms with Crippen molar-refractivity contribution in [1.29, 1.82) is 0 Å². The lowest BCUT2D eigenvalue weighted by Gasteiger charge is -2.39. The van der Waals surface area contributed by atoms with Crippen molar-refractivity contribution in [3.8, 4) is 0 Å². The van der Waals surface area contributed by atoms with E-state index in [-0.39, 0.29) is 11.5 Å². The fraction of sp³-hybridized carbons (Fsp3) is 0.923. The molecule has 1 aliphatic rings. The average molecular weight is 243 g/mol. The maximum atomic E-state index is 11.9. The first-order valence-corrected chi connectivity index (χ1v) is 6.23. The number of carbonyl (C=O) groups is 1. The summed E-state index contributed by atoms with van der Waals surface area (Å²) < 4.78 is 10.6. The Morgan fingerprint density at radius 2 is 1.82 bits per heavy atom. The molecule has 0 saturated carbocycles. The van der Waals surface area contributed by atoms with Gasteiger partial charge in [-0.2, -0.15) is 0 Å². The highest BCUT2D eigenvalue weighted by Gasteiger charge is 2.33. The Bertz CT molecular complexity index is 262. The zero-order chi connectivity index (χ0) is 13.1. The number of nitrogens with zero attached hydrogens (tertiary/aromatic N) is 1. The van der Waals surface area contributed by atoms with Gasteiger partial charge in [0.25, 0.3) is 0 Å². The number of methoxy groups -OCH3 is 1. The van der Waals surface area contributed by atoms with Crippen molar-refractivity contribution in [1.82, 2.24) is 4.90 Å². The molecule has 0 unspecified atom stereocenters. The predicted molar refractivity (Wildman–Crippen MR) is 67.0 cm³/mol. The predicted octanol–water partition coefficient (Wildman–Crippen LogP) is 2.67. The second-order valence-electron chi connectivity index (χ2n) is 6.21. The lowest BCUT2D eigenvalue weighted by Crippen LogP contribution is -2.45. The number of likely N-dealkylation sites (tertiary alicyclic amines) is 1. The summed E-state index contributed by atoms with van der Waals surface area (Å²) in [6.07, 6.45) is 1.75. The molecule has 1 heterocycles. The van der Waals surface area contributed by atoms with E-state index in [1.807, 2.05) is 20.8 Å². The second kappa shape index (κ2) is 5.25. The van der Waals surface area contributed by atoms with E-state index in [1.54, 1.807) is 12.0 Å². The van der Waals surface area contributed by atoms with Gasteiger partial charge in [0.1, 0.15) is 5.60 Å². The van der Waals surface area contributed by atoms with Crippen LogP contribution in [0.1, 0.15) is 40.5 Å². The molecular weight excluding hydrogens is 218 g/mol. The van der Waals surface area contributed by atoms with E-state index in [9.17, 15) is 4.79 Å². The number of piperidine rings is 1. The molecule has 1 saturated heterocycles. The van der Waals surface area contributed by atoms with E-state index in [1.165, 1.54) is 0 Å². The lowest BCUT2D eigenvalue weighted by atomic mass is 9.81. The second-order valence-corrected chi connectivity index (χ2v) is 6.21. The van der Waals surface area contributed by atoms with Gasteiger partial charge in [-0.25, -0.2) is 4.79 Å². The molecule has 4 heteroatoms. The van der Waals surface area contributed by atoms with Crippen molar-refractivity contribution in [2.24, 2.45) is 5.41 Å². The van der Waals surface area contributed by atoms with Gasteiger partial charge in [-0.1, -0.05) is 6.92 Å². The molecule has 1 rings (SSSR count). The van der Waals surface area contributed by atoms with E-state index < -0.39 is 5.60 Å². The van der Waals surface area contributed by atoms with Crippen LogP contribution in [0.5, 0.6) is 0 Å². The zero-order valence-corrected chi connectivity index (χ0v) is 11.7. The lowest BCUT2D eigenvalue weighted by molar-refractivity contribution is -0.00140. The molecule has 0 aromatic rings. The minimum absolute atomic E-state index is 0.197. The van der Waals surface area contributed by atoms with Gasteiger partial charge in [0.2, 0.25) is 0 Å². The van der Waals surface area contributed by atoms with Gasteiger partial charge in [0.05, 0.1) is 6.61 Å². The van der Waals surface area contributed by atoms with Crippen LogP contribution in [0.2, 0.25) is 0 Å². The van der Waals surface area contributed by atoms with Crippen LogP contribution in [-0.2, 0) is 9.47 Å². The highest BCUT2D eigenvalue weighted by molar-refractivity contribution is 5.68. The molecule has 100 valence electrons. The van der Waals surface area contributed by atoms with E-state index in [0.29, 0.717) is 0 Å². The third-order valence-corrected chi connectivity index (χ3v) is 3.12. The normalized spacial score (nSPS) is 20.2. The first-order chi connectivity index (χ1) is 7.76. The fourth-order valence-electron chi connectivity index (χ4n) is 2.05. The molecule has 1 aliphatic heterocycles. The molecule has 0 bridgehead atoms. The molecule has 0 aromatic carbocycles. The molecule has 0 spiro atoms. The van der Waals surface area contributed by atoms with Gasteiger partial charge in [-0.15, -0.1) is 0 Å². The molecule has 0 atom stereocenters. The highest BCUT2D eigenvalue weighted by atomic mass is 16.6. The van der Waals surface area contributed by atoms with Crippen LogP contribution >= 0.6 is 0 Å². The molecule has 0 N–H and O–H groups in total. The largest absolute Gasteiger partial charge is 0.444 e. The Kier molecular flexibility index (Phi) is 4.42. The SMILES string of the molecule is COCC1(C)CCN(C(=O)OC(C)(C)C)CC1. The van der Waals surface area contributed by atoms with Crippen LogP contribution in [0, 0.1) is 5.41 Å². The van der Waals surface area contributed by atoms with Crippen molar-refractivity contribution in [2.45, 2.75) is 46.1 Å². The molecule has 1 amide bonds. The van der Waals surface area contributed by atoms with Gasteiger partial charge in [-0.3, -0.25) is 0 Å². The number of carbonyl (C=O) groups excluding carboxylic acids is 1. The smallest absolute Gasteiger partial charge is 0.410 e. The number of rotatable bonds is 2.